The highest BCUT2D eigenvalue weighted by molar-refractivity contribution is 8.22. The van der Waals surface area contributed by atoms with Crippen molar-refractivity contribution in [2.45, 2.75) is 30.8 Å². The molecule has 2 aliphatic heterocycles. The van der Waals surface area contributed by atoms with E-state index in [-0.39, 0.29) is 18.1 Å². The molecule has 0 radical (unpaired) electrons. The molecule has 28 heavy (non-hydrogen) atoms. The minimum absolute atomic E-state index is 0.0711. The summed E-state index contributed by atoms with van der Waals surface area (Å²) in [6.07, 6.45) is 1.78. The van der Waals surface area contributed by atoms with Crippen molar-refractivity contribution >= 4 is 29.4 Å². The maximum Gasteiger partial charge on any atom is 0.358 e. The Morgan fingerprint density at radius 2 is 2.04 bits per heavy atom. The topological polar surface area (TPSA) is 111 Å². The van der Waals surface area contributed by atoms with E-state index in [1.807, 2.05) is 6.07 Å². The first kappa shape index (κ1) is 19.7. The second kappa shape index (κ2) is 7.35. The molecule has 0 saturated carbocycles. The summed E-state index contributed by atoms with van der Waals surface area (Å²) in [5.41, 5.74) is 0.790. The van der Waals surface area contributed by atoms with E-state index in [4.69, 9.17) is 9.26 Å². The third-order valence-corrected chi connectivity index (χ3v) is 7.86. The van der Waals surface area contributed by atoms with Gasteiger partial charge in [0.15, 0.2) is 0 Å². The van der Waals surface area contributed by atoms with Crippen LogP contribution in [0.3, 0.4) is 0 Å². The second-order valence-electron chi connectivity index (χ2n) is 6.69. The molecule has 152 valence electrons. The van der Waals surface area contributed by atoms with Gasteiger partial charge in [-0.1, -0.05) is 6.07 Å². The smallest absolute Gasteiger partial charge is 0.358 e. The maximum absolute atomic E-state index is 12.2. The number of anilines is 1. The van der Waals surface area contributed by atoms with Crippen molar-refractivity contribution in [1.82, 2.24) is 4.72 Å². The van der Waals surface area contributed by atoms with Gasteiger partial charge < -0.3 is 19.1 Å². The highest BCUT2D eigenvalue weighted by Crippen LogP contribution is 2.55. The Balaban J connectivity index is 1.63. The average molecular weight is 426 g/mol. The maximum atomic E-state index is 12.2. The van der Waals surface area contributed by atoms with Gasteiger partial charge in [0.25, 0.3) is 0 Å². The van der Waals surface area contributed by atoms with E-state index >= 15 is 0 Å². The summed E-state index contributed by atoms with van der Waals surface area (Å²) in [5.74, 6) is 0.755. The zero-order valence-electron chi connectivity index (χ0n) is 15.3. The van der Waals surface area contributed by atoms with Gasteiger partial charge in [-0.15, -0.1) is 10.8 Å². The lowest BCUT2D eigenvalue weighted by Gasteiger charge is -2.46. The van der Waals surface area contributed by atoms with Gasteiger partial charge in [-0.25, -0.2) is 0 Å². The van der Waals surface area contributed by atoms with Crippen LogP contribution in [-0.2, 0) is 9.09 Å². The molecule has 0 aliphatic carbocycles. The van der Waals surface area contributed by atoms with Crippen LogP contribution in [0, 0.1) is 0 Å². The van der Waals surface area contributed by atoms with Crippen molar-refractivity contribution in [2.75, 3.05) is 18.1 Å². The van der Waals surface area contributed by atoms with Crippen molar-refractivity contribution in [3.05, 3.63) is 42.5 Å². The first-order valence-electron chi connectivity index (χ1n) is 9.02. The molecular formula is C18H23N2O6PS. The largest absolute Gasteiger partial charge is 0.457 e. The van der Waals surface area contributed by atoms with Crippen molar-refractivity contribution in [2.24, 2.45) is 0 Å². The molecule has 2 aromatic carbocycles. The van der Waals surface area contributed by atoms with Crippen LogP contribution in [0.4, 0.5) is 5.69 Å². The minimum Gasteiger partial charge on any atom is -0.457 e. The minimum atomic E-state index is -3.90. The Morgan fingerprint density at radius 1 is 1.25 bits per heavy atom. The average Bonchev–Trinajstić information content (AvgIpc) is 3.09. The molecule has 4 rings (SSSR count). The van der Waals surface area contributed by atoms with Gasteiger partial charge in [0.05, 0.1) is 23.8 Å². The van der Waals surface area contributed by atoms with E-state index in [0.29, 0.717) is 16.4 Å². The van der Waals surface area contributed by atoms with E-state index in [9.17, 15) is 18.6 Å². The van der Waals surface area contributed by atoms with Gasteiger partial charge in [0, 0.05) is 12.6 Å². The third-order valence-electron chi connectivity index (χ3n) is 4.78. The second-order valence-corrected chi connectivity index (χ2v) is 10.3. The van der Waals surface area contributed by atoms with Crippen LogP contribution in [0.2, 0.25) is 0 Å². The molecule has 4 N–H and O–H groups in total. The normalized spacial score (nSPS) is 23.4. The molecule has 0 bridgehead atoms. The molecule has 2 aliphatic rings. The number of ether oxygens (including phenoxy) is 1. The van der Waals surface area contributed by atoms with E-state index in [1.165, 1.54) is 12.1 Å². The summed E-state index contributed by atoms with van der Waals surface area (Å²) in [6.45, 7) is 2.62. The van der Waals surface area contributed by atoms with Gasteiger partial charge >= 0.3 is 7.60 Å². The molecular weight excluding hydrogens is 403 g/mol. The molecule has 1 saturated heterocycles. The van der Waals surface area contributed by atoms with E-state index in [0.717, 1.165) is 25.1 Å². The molecule has 2 heterocycles. The Labute approximate surface area is 165 Å². The fourth-order valence-corrected chi connectivity index (χ4v) is 6.14. The summed E-state index contributed by atoms with van der Waals surface area (Å²) in [7, 11) is -7.03. The predicted molar refractivity (Wildman–Crippen MR) is 109 cm³/mol. The Hall–Kier alpha value is -1.58. The van der Waals surface area contributed by atoms with Crippen LogP contribution in [-0.4, -0.2) is 33.3 Å². The number of nitrogens with one attached hydrogen (secondary N) is 1. The monoisotopic (exact) mass is 426 g/mol. The van der Waals surface area contributed by atoms with Crippen LogP contribution in [0.15, 0.2) is 47.4 Å². The van der Waals surface area contributed by atoms with Crippen LogP contribution < -0.4 is 19.7 Å². The third kappa shape index (κ3) is 3.67. The predicted octanol–water partition coefficient (Wildman–Crippen LogP) is 3.88. The van der Waals surface area contributed by atoms with E-state index in [2.05, 4.69) is 9.62 Å². The lowest BCUT2D eigenvalue weighted by molar-refractivity contribution is 0.284. The quantitative estimate of drug-likeness (QED) is 0.533. The first-order chi connectivity index (χ1) is 13.3. The zero-order chi connectivity index (χ0) is 19.9. The first-order valence-corrected chi connectivity index (χ1v) is 12.1. The summed E-state index contributed by atoms with van der Waals surface area (Å²) < 4.78 is 47.0. The molecule has 0 aromatic heterocycles. The fourth-order valence-electron chi connectivity index (χ4n) is 3.56. The van der Waals surface area contributed by atoms with Gasteiger partial charge in [-0.05, 0) is 50.1 Å². The number of hydrogen-bond donors (Lipinski definition) is 4. The lowest BCUT2D eigenvalue weighted by atomic mass is 10.2. The number of benzene rings is 2. The summed E-state index contributed by atoms with van der Waals surface area (Å²) in [5, 5.41) is 0.135. The number of hydrogen-bond acceptors (Lipinski definition) is 7. The molecule has 2 unspecified atom stereocenters. The van der Waals surface area contributed by atoms with Crippen molar-refractivity contribution in [3.8, 4) is 11.5 Å². The summed E-state index contributed by atoms with van der Waals surface area (Å²) in [6, 6.07) is 11.4. The molecule has 1 fully saturated rings. The molecule has 8 nitrogen and oxygen atoms in total. The molecule has 10 heteroatoms. The van der Waals surface area contributed by atoms with Crippen molar-refractivity contribution in [1.29, 1.82) is 0 Å². The Morgan fingerprint density at radius 3 is 2.82 bits per heavy atom. The molecule has 0 spiro atoms. The highest BCUT2D eigenvalue weighted by atomic mass is 32.3. The number of nitrogens with zero attached hydrogens (tertiary/aromatic N) is 1. The molecule has 2 aromatic rings. The van der Waals surface area contributed by atoms with Crippen molar-refractivity contribution < 1.29 is 27.8 Å². The molecule has 0 amide bonds. The summed E-state index contributed by atoms with van der Waals surface area (Å²) >= 11 is 0. The van der Waals surface area contributed by atoms with E-state index < -0.39 is 18.4 Å². The van der Waals surface area contributed by atoms with E-state index in [1.54, 1.807) is 31.2 Å². The highest BCUT2D eigenvalue weighted by Gasteiger charge is 2.38. The van der Waals surface area contributed by atoms with Crippen LogP contribution in [0.5, 0.6) is 11.5 Å². The van der Waals surface area contributed by atoms with Gasteiger partial charge in [0.1, 0.15) is 16.4 Å². The van der Waals surface area contributed by atoms with Crippen LogP contribution >= 0.6 is 18.4 Å². The van der Waals surface area contributed by atoms with Gasteiger partial charge in [0.2, 0.25) is 0 Å². The van der Waals surface area contributed by atoms with Gasteiger partial charge in [-0.2, -0.15) is 4.72 Å². The standard InChI is InChI=1S/C18H23N2O6PS/c1-2-25-27(21,22)15-6-3-5-13(11-15)26-14-8-9-16-17(12-14)28(23,24)19-18-7-4-10-20(16)18/h3,5-6,8-9,11-12,18-19,23-24H,2,4,7,10H2,1H3,(H,21,22). The number of rotatable bonds is 5. The summed E-state index contributed by atoms with van der Waals surface area (Å²) in [4.78, 5) is 12.5. The Kier molecular flexibility index (Phi) is 5.18. The fraction of sp³-hybridized carbons (Fsp3) is 0.333. The SMILES string of the molecule is CCOP(=O)(O)c1cccc(Oc2ccc3c(c2)S(O)(O)NC2CCCN32)c1. The Bertz CT molecular complexity index is 940. The van der Waals surface area contributed by atoms with Crippen LogP contribution in [0.1, 0.15) is 19.8 Å². The zero-order valence-corrected chi connectivity index (χ0v) is 17.0. The van der Waals surface area contributed by atoms with Crippen LogP contribution in [0.25, 0.3) is 0 Å². The van der Waals surface area contributed by atoms with Gasteiger partial charge in [-0.3, -0.25) is 13.7 Å². The lowest BCUT2D eigenvalue weighted by Crippen LogP contribution is -2.46. The molecule has 2 atom stereocenters. The number of fused-ring (bicyclic) bond motifs is 3. The van der Waals surface area contributed by atoms with Crippen molar-refractivity contribution in [3.63, 3.8) is 0 Å².